The molecule has 1 unspecified atom stereocenters. The lowest BCUT2D eigenvalue weighted by Crippen LogP contribution is -2.28. The predicted molar refractivity (Wildman–Crippen MR) is 110 cm³/mol. The maximum Gasteiger partial charge on any atom is 0.229 e. The van der Waals surface area contributed by atoms with Crippen LogP contribution in [0.2, 0.25) is 0 Å². The summed E-state index contributed by atoms with van der Waals surface area (Å²) in [5.41, 5.74) is 4.11. The molecule has 0 radical (unpaired) electrons. The number of hydrogen-bond acceptors (Lipinski definition) is 2. The minimum absolute atomic E-state index is 0.00241. The summed E-state index contributed by atoms with van der Waals surface area (Å²) in [6, 6.07) is 16.0. The molecule has 1 saturated heterocycles. The van der Waals surface area contributed by atoms with Crippen LogP contribution >= 0.6 is 0 Å². The molecule has 3 rings (SSSR count). The zero-order valence-electron chi connectivity index (χ0n) is 16.5. The largest absolute Gasteiger partial charge is 0.326 e. The van der Waals surface area contributed by atoms with Crippen LogP contribution in [0.15, 0.2) is 48.5 Å². The molecule has 2 amide bonds. The Morgan fingerprint density at radius 2 is 1.44 bits per heavy atom. The summed E-state index contributed by atoms with van der Waals surface area (Å²) in [6.45, 7) is 8.99. The summed E-state index contributed by atoms with van der Waals surface area (Å²) < 4.78 is 0. The van der Waals surface area contributed by atoms with Crippen molar-refractivity contribution in [2.24, 2.45) is 5.92 Å². The molecule has 2 aromatic carbocycles. The van der Waals surface area contributed by atoms with E-state index in [2.05, 4.69) is 45.1 Å². The first-order chi connectivity index (χ1) is 12.8. The third kappa shape index (κ3) is 4.38. The van der Waals surface area contributed by atoms with Crippen LogP contribution in [-0.4, -0.2) is 18.4 Å². The van der Waals surface area contributed by atoms with Crippen LogP contribution in [0, 0.1) is 5.92 Å². The van der Waals surface area contributed by atoms with Crippen LogP contribution in [0.4, 0.5) is 11.4 Å². The molecule has 0 aromatic heterocycles. The molecule has 0 spiro atoms. The van der Waals surface area contributed by atoms with Gasteiger partial charge in [-0.25, -0.2) is 0 Å². The van der Waals surface area contributed by atoms with E-state index in [1.54, 1.807) is 4.90 Å². The fourth-order valence-electron chi connectivity index (χ4n) is 3.37. The van der Waals surface area contributed by atoms with Crippen LogP contribution in [0.25, 0.3) is 0 Å². The average molecular weight is 364 g/mol. The Morgan fingerprint density at radius 1 is 0.926 bits per heavy atom. The van der Waals surface area contributed by atoms with Crippen molar-refractivity contribution >= 4 is 23.2 Å². The Bertz CT molecular complexity index is 807. The van der Waals surface area contributed by atoms with Crippen molar-refractivity contribution in [3.05, 3.63) is 59.7 Å². The molecule has 1 aliphatic heterocycles. The third-order valence-corrected chi connectivity index (χ3v) is 5.21. The molecule has 1 aliphatic rings. The molecule has 0 bridgehead atoms. The summed E-state index contributed by atoms with van der Waals surface area (Å²) in [5, 5.41) is 2.95. The number of hydrogen-bond donors (Lipinski definition) is 1. The predicted octanol–water partition coefficient (Wildman–Crippen LogP) is 4.93. The number of carbonyl (C=O) groups excluding carboxylic acids is 2. The molecule has 1 fully saturated rings. The molecule has 27 heavy (non-hydrogen) atoms. The summed E-state index contributed by atoms with van der Waals surface area (Å²) in [4.78, 5) is 26.8. The van der Waals surface area contributed by atoms with Crippen molar-refractivity contribution < 1.29 is 9.59 Å². The summed E-state index contributed by atoms with van der Waals surface area (Å²) >= 11 is 0. The van der Waals surface area contributed by atoms with Crippen molar-refractivity contribution in [1.29, 1.82) is 0 Å². The Morgan fingerprint density at radius 3 is 1.96 bits per heavy atom. The number of nitrogens with one attached hydrogen (secondary N) is 1. The molecule has 1 heterocycles. The van der Waals surface area contributed by atoms with E-state index in [1.807, 2.05) is 36.4 Å². The number of carbonyl (C=O) groups is 2. The maximum atomic E-state index is 12.6. The SMILES string of the molecule is CC(C)c1ccc(NC(=O)C2CC(=O)N(c3ccc(C(C)C)cc3)C2)cc1. The highest BCUT2D eigenvalue weighted by Crippen LogP contribution is 2.28. The molecule has 1 N–H and O–H groups in total. The summed E-state index contributed by atoms with van der Waals surface area (Å²) in [5.74, 6) is 0.489. The van der Waals surface area contributed by atoms with E-state index < -0.39 is 0 Å². The Hall–Kier alpha value is -2.62. The minimum atomic E-state index is -0.327. The second kappa shape index (κ2) is 7.95. The first-order valence-electron chi connectivity index (χ1n) is 9.66. The molecular weight excluding hydrogens is 336 g/mol. The fourth-order valence-corrected chi connectivity index (χ4v) is 3.37. The summed E-state index contributed by atoms with van der Waals surface area (Å²) in [6.07, 6.45) is 0.252. The average Bonchev–Trinajstić information content (AvgIpc) is 3.04. The van der Waals surface area contributed by atoms with Crippen molar-refractivity contribution in [2.75, 3.05) is 16.8 Å². The van der Waals surface area contributed by atoms with E-state index in [0.29, 0.717) is 18.4 Å². The van der Waals surface area contributed by atoms with Gasteiger partial charge in [-0.1, -0.05) is 52.0 Å². The van der Waals surface area contributed by atoms with E-state index in [0.717, 1.165) is 11.4 Å². The van der Waals surface area contributed by atoms with Gasteiger partial charge in [0.05, 0.1) is 5.92 Å². The van der Waals surface area contributed by atoms with E-state index in [4.69, 9.17) is 0 Å². The van der Waals surface area contributed by atoms with Gasteiger partial charge in [0.2, 0.25) is 11.8 Å². The van der Waals surface area contributed by atoms with Gasteiger partial charge in [-0.2, -0.15) is 0 Å². The molecule has 4 heteroatoms. The number of amides is 2. The van der Waals surface area contributed by atoms with Gasteiger partial charge in [0.1, 0.15) is 0 Å². The zero-order valence-corrected chi connectivity index (χ0v) is 16.5. The van der Waals surface area contributed by atoms with Crippen molar-refractivity contribution in [3.8, 4) is 0 Å². The topological polar surface area (TPSA) is 49.4 Å². The van der Waals surface area contributed by atoms with Crippen molar-refractivity contribution in [3.63, 3.8) is 0 Å². The lowest BCUT2D eigenvalue weighted by atomic mass is 10.0. The van der Waals surface area contributed by atoms with E-state index in [9.17, 15) is 9.59 Å². The maximum absolute atomic E-state index is 12.6. The minimum Gasteiger partial charge on any atom is -0.326 e. The first-order valence-corrected chi connectivity index (χ1v) is 9.66. The lowest BCUT2D eigenvalue weighted by Gasteiger charge is -2.18. The fraction of sp³-hybridized carbons (Fsp3) is 0.391. The van der Waals surface area contributed by atoms with Gasteiger partial charge in [-0.15, -0.1) is 0 Å². The van der Waals surface area contributed by atoms with Crippen molar-refractivity contribution in [1.82, 2.24) is 0 Å². The van der Waals surface area contributed by atoms with Crippen LogP contribution in [0.3, 0.4) is 0 Å². The smallest absolute Gasteiger partial charge is 0.229 e. The number of anilines is 2. The number of nitrogens with zero attached hydrogens (tertiary/aromatic N) is 1. The van der Waals surface area contributed by atoms with Gasteiger partial charge in [-0.3, -0.25) is 9.59 Å². The number of rotatable bonds is 5. The van der Waals surface area contributed by atoms with Crippen molar-refractivity contribution in [2.45, 2.75) is 46.0 Å². The van der Waals surface area contributed by atoms with Gasteiger partial charge in [-0.05, 0) is 47.2 Å². The third-order valence-electron chi connectivity index (χ3n) is 5.21. The highest BCUT2D eigenvalue weighted by atomic mass is 16.2. The van der Waals surface area contributed by atoms with Gasteiger partial charge < -0.3 is 10.2 Å². The molecule has 0 aliphatic carbocycles. The molecule has 2 aromatic rings. The van der Waals surface area contributed by atoms with E-state index in [-0.39, 0.29) is 24.2 Å². The standard InChI is InChI=1S/C23H28N2O2/c1-15(2)17-5-9-20(10-6-17)24-23(27)19-13-22(26)25(14-19)21-11-7-18(8-12-21)16(3)4/h5-12,15-16,19H,13-14H2,1-4H3,(H,24,27). The van der Waals surface area contributed by atoms with Gasteiger partial charge in [0, 0.05) is 24.3 Å². The Kier molecular flexibility index (Phi) is 5.64. The number of benzene rings is 2. The normalized spacial score (nSPS) is 17.0. The second-order valence-electron chi connectivity index (χ2n) is 7.92. The summed E-state index contributed by atoms with van der Waals surface area (Å²) in [7, 11) is 0. The Balaban J connectivity index is 1.64. The Labute approximate surface area is 161 Å². The molecule has 4 nitrogen and oxygen atoms in total. The van der Waals surface area contributed by atoms with Crippen LogP contribution < -0.4 is 10.2 Å². The quantitative estimate of drug-likeness (QED) is 0.818. The second-order valence-corrected chi connectivity index (χ2v) is 7.92. The van der Waals surface area contributed by atoms with Crippen LogP contribution in [0.1, 0.15) is 57.1 Å². The lowest BCUT2D eigenvalue weighted by molar-refractivity contribution is -0.122. The van der Waals surface area contributed by atoms with Gasteiger partial charge in [0.15, 0.2) is 0 Å². The van der Waals surface area contributed by atoms with Crippen LogP contribution in [-0.2, 0) is 9.59 Å². The highest BCUT2D eigenvalue weighted by Gasteiger charge is 2.35. The van der Waals surface area contributed by atoms with Gasteiger partial charge in [0.25, 0.3) is 0 Å². The highest BCUT2D eigenvalue weighted by molar-refractivity contribution is 6.03. The monoisotopic (exact) mass is 364 g/mol. The molecule has 1 atom stereocenters. The van der Waals surface area contributed by atoms with E-state index in [1.165, 1.54) is 11.1 Å². The van der Waals surface area contributed by atoms with E-state index >= 15 is 0 Å². The first kappa shape index (κ1) is 19.2. The van der Waals surface area contributed by atoms with Crippen LogP contribution in [0.5, 0.6) is 0 Å². The molecule has 142 valence electrons. The van der Waals surface area contributed by atoms with Gasteiger partial charge >= 0.3 is 0 Å². The molecular formula is C23H28N2O2. The molecule has 0 saturated carbocycles. The zero-order chi connectivity index (χ0) is 19.6.